The number of aromatic nitrogens is 2. The Hall–Kier alpha value is -3.46. The molecule has 0 saturated carbocycles. The zero-order valence-electron chi connectivity index (χ0n) is 11.6. The number of carbonyl (C=O) groups is 1. The Morgan fingerprint density at radius 2 is 2.09 bits per heavy atom. The summed E-state index contributed by atoms with van der Waals surface area (Å²) in [7, 11) is 0. The van der Waals surface area contributed by atoms with E-state index >= 15 is 0 Å². The molecule has 0 unspecified atom stereocenters. The number of rotatable bonds is 4. The first kappa shape index (κ1) is 14.5. The van der Waals surface area contributed by atoms with Gasteiger partial charge in [-0.05, 0) is 24.3 Å². The summed E-state index contributed by atoms with van der Waals surface area (Å²) in [6, 6.07) is 10.7. The van der Waals surface area contributed by atoms with Gasteiger partial charge in [-0.2, -0.15) is 0 Å². The number of nitrogens with one attached hydrogen (secondary N) is 3. The van der Waals surface area contributed by atoms with Crippen molar-refractivity contribution in [3.8, 4) is 0 Å². The van der Waals surface area contributed by atoms with Crippen molar-refractivity contribution in [1.29, 1.82) is 0 Å². The third-order valence-corrected chi connectivity index (χ3v) is 3.17. The Kier molecular flexibility index (Phi) is 3.61. The molecule has 0 aliphatic carbocycles. The van der Waals surface area contributed by atoms with Crippen LogP contribution in [-0.4, -0.2) is 26.0 Å². The van der Waals surface area contributed by atoms with E-state index in [0.717, 1.165) is 0 Å². The summed E-state index contributed by atoms with van der Waals surface area (Å²) in [6.45, 7) is 0. The molecule has 9 heteroatoms. The predicted octanol–water partition coefficient (Wildman–Crippen LogP) is 2.33. The molecule has 1 heterocycles. The maximum atomic E-state index is 11.4. The van der Waals surface area contributed by atoms with Gasteiger partial charge in [0.15, 0.2) is 0 Å². The number of hydrogen-bond donors (Lipinski definition) is 4. The largest absolute Gasteiger partial charge is 0.326 e. The van der Waals surface area contributed by atoms with E-state index < -0.39 is 10.8 Å². The Balaban J connectivity index is 1.89. The number of fused-ring (bicyclic) bond motifs is 1. The summed E-state index contributed by atoms with van der Waals surface area (Å²) in [5, 5.41) is 22.4. The number of nitro groups is 1. The zero-order chi connectivity index (χ0) is 16.4. The molecule has 0 atom stereocenters. The van der Waals surface area contributed by atoms with Crippen LogP contribution in [0.4, 0.5) is 17.3 Å². The summed E-state index contributed by atoms with van der Waals surface area (Å²) in [4.78, 5) is 28.9. The molecule has 0 aliphatic rings. The summed E-state index contributed by atoms with van der Waals surface area (Å²) in [6.07, 6.45) is 0. The second kappa shape index (κ2) is 5.73. The monoisotopic (exact) mass is 313 g/mol. The Bertz CT molecular complexity index is 905. The van der Waals surface area contributed by atoms with E-state index in [-0.39, 0.29) is 11.3 Å². The molecule has 0 bridgehead atoms. The van der Waals surface area contributed by atoms with Crippen LogP contribution in [0.3, 0.4) is 0 Å². The minimum atomic E-state index is -0.631. The van der Waals surface area contributed by atoms with Crippen molar-refractivity contribution < 1.29 is 14.9 Å². The number of imidazole rings is 1. The summed E-state index contributed by atoms with van der Waals surface area (Å²) < 4.78 is 0. The zero-order valence-corrected chi connectivity index (χ0v) is 11.6. The topological polar surface area (TPSA) is 133 Å². The van der Waals surface area contributed by atoms with E-state index in [9.17, 15) is 14.9 Å². The number of aromatic amines is 1. The number of nitro benzene ring substituents is 1. The van der Waals surface area contributed by atoms with Crippen LogP contribution in [0.2, 0.25) is 0 Å². The number of anilines is 2. The smallest absolute Gasteiger partial charge is 0.274 e. The number of hydrogen-bond acceptors (Lipinski definition) is 6. The maximum Gasteiger partial charge on any atom is 0.274 e. The highest BCUT2D eigenvalue weighted by Crippen LogP contribution is 2.22. The molecular formula is C14H11N5O4. The third-order valence-electron chi connectivity index (χ3n) is 3.17. The van der Waals surface area contributed by atoms with E-state index in [0.29, 0.717) is 22.7 Å². The van der Waals surface area contributed by atoms with Crippen molar-refractivity contribution >= 4 is 34.3 Å². The molecule has 0 saturated heterocycles. The van der Waals surface area contributed by atoms with Gasteiger partial charge >= 0.3 is 0 Å². The average Bonchev–Trinajstić information content (AvgIpc) is 2.95. The lowest BCUT2D eigenvalue weighted by Gasteiger charge is -2.04. The fourth-order valence-electron chi connectivity index (χ4n) is 2.11. The fraction of sp³-hybridized carbons (Fsp3) is 0. The minimum absolute atomic E-state index is 0.0443. The maximum absolute atomic E-state index is 11.4. The van der Waals surface area contributed by atoms with E-state index in [1.54, 1.807) is 29.7 Å². The molecular weight excluding hydrogens is 302 g/mol. The number of carbonyl (C=O) groups excluding carboxylic acids is 1. The number of non-ortho nitro benzene ring substituents is 1. The lowest BCUT2D eigenvalue weighted by molar-refractivity contribution is -0.384. The second-order valence-corrected chi connectivity index (χ2v) is 4.69. The molecule has 0 fully saturated rings. The van der Waals surface area contributed by atoms with Gasteiger partial charge in [-0.15, -0.1) is 0 Å². The molecule has 0 aliphatic heterocycles. The van der Waals surface area contributed by atoms with Crippen LogP contribution in [0.25, 0.3) is 11.0 Å². The molecule has 0 spiro atoms. The second-order valence-electron chi connectivity index (χ2n) is 4.69. The van der Waals surface area contributed by atoms with Crippen LogP contribution in [0.5, 0.6) is 0 Å². The molecule has 2 aromatic carbocycles. The summed E-state index contributed by atoms with van der Waals surface area (Å²) >= 11 is 0. The molecule has 23 heavy (non-hydrogen) atoms. The molecule has 1 aromatic heterocycles. The molecule has 9 nitrogen and oxygen atoms in total. The van der Waals surface area contributed by atoms with Gasteiger partial charge in [-0.1, -0.05) is 6.07 Å². The SMILES string of the molecule is O=C(NO)c1cccc(Nc2nc3cc([N+](=O)[O-])ccc3[nH]2)c1. The first-order chi connectivity index (χ1) is 11.1. The summed E-state index contributed by atoms with van der Waals surface area (Å²) in [5.74, 6) is -0.254. The highest BCUT2D eigenvalue weighted by Gasteiger charge is 2.10. The lowest BCUT2D eigenvalue weighted by atomic mass is 10.2. The minimum Gasteiger partial charge on any atom is -0.326 e. The van der Waals surface area contributed by atoms with Crippen molar-refractivity contribution in [3.05, 3.63) is 58.1 Å². The highest BCUT2D eigenvalue weighted by molar-refractivity contribution is 5.94. The summed E-state index contributed by atoms with van der Waals surface area (Å²) in [5.41, 5.74) is 3.44. The van der Waals surface area contributed by atoms with Crippen molar-refractivity contribution in [2.45, 2.75) is 0 Å². The van der Waals surface area contributed by atoms with Gasteiger partial charge in [0.1, 0.15) is 0 Å². The Labute approximate surface area is 129 Å². The van der Waals surface area contributed by atoms with Crippen molar-refractivity contribution in [2.24, 2.45) is 0 Å². The molecule has 116 valence electrons. The Morgan fingerprint density at radius 1 is 1.26 bits per heavy atom. The van der Waals surface area contributed by atoms with Gasteiger partial charge in [0.25, 0.3) is 11.6 Å². The predicted molar refractivity (Wildman–Crippen MR) is 81.7 cm³/mol. The van der Waals surface area contributed by atoms with Crippen molar-refractivity contribution in [3.63, 3.8) is 0 Å². The molecule has 1 amide bonds. The van der Waals surface area contributed by atoms with Gasteiger partial charge in [-0.3, -0.25) is 20.1 Å². The standard InChI is InChI=1S/C14H11N5O4/c20-13(18-21)8-2-1-3-9(6-8)15-14-16-11-5-4-10(19(22)23)7-12(11)17-14/h1-7,21H,(H,18,20)(H2,15,16,17). The lowest BCUT2D eigenvalue weighted by Crippen LogP contribution is -2.18. The van der Waals surface area contributed by atoms with Crippen LogP contribution in [-0.2, 0) is 0 Å². The first-order valence-electron chi connectivity index (χ1n) is 6.52. The molecule has 4 N–H and O–H groups in total. The van der Waals surface area contributed by atoms with Gasteiger partial charge < -0.3 is 10.3 Å². The number of H-pyrrole nitrogens is 1. The third kappa shape index (κ3) is 2.94. The first-order valence-corrected chi connectivity index (χ1v) is 6.52. The van der Waals surface area contributed by atoms with Crippen LogP contribution in [0.15, 0.2) is 42.5 Å². The normalized spacial score (nSPS) is 10.5. The van der Waals surface area contributed by atoms with Crippen LogP contribution in [0, 0.1) is 10.1 Å². The van der Waals surface area contributed by atoms with Crippen LogP contribution >= 0.6 is 0 Å². The Morgan fingerprint density at radius 3 is 2.83 bits per heavy atom. The van der Waals surface area contributed by atoms with Gasteiger partial charge in [0.2, 0.25) is 5.95 Å². The van der Waals surface area contributed by atoms with E-state index in [4.69, 9.17) is 5.21 Å². The van der Waals surface area contributed by atoms with Crippen molar-refractivity contribution in [1.82, 2.24) is 15.4 Å². The van der Waals surface area contributed by atoms with E-state index in [1.807, 2.05) is 0 Å². The molecule has 3 rings (SSSR count). The van der Waals surface area contributed by atoms with E-state index in [1.165, 1.54) is 18.2 Å². The quantitative estimate of drug-likeness (QED) is 0.332. The van der Waals surface area contributed by atoms with E-state index in [2.05, 4.69) is 15.3 Å². The molecule has 0 radical (unpaired) electrons. The number of amides is 1. The number of benzene rings is 2. The number of hydroxylamine groups is 1. The van der Waals surface area contributed by atoms with Crippen molar-refractivity contribution in [2.75, 3.05) is 5.32 Å². The average molecular weight is 313 g/mol. The highest BCUT2D eigenvalue weighted by atomic mass is 16.6. The fourth-order valence-corrected chi connectivity index (χ4v) is 2.11. The molecule has 3 aromatic rings. The van der Waals surface area contributed by atoms with Gasteiger partial charge in [-0.25, -0.2) is 10.5 Å². The van der Waals surface area contributed by atoms with Gasteiger partial charge in [0, 0.05) is 23.4 Å². The van der Waals surface area contributed by atoms with Crippen LogP contribution < -0.4 is 10.8 Å². The van der Waals surface area contributed by atoms with Gasteiger partial charge in [0.05, 0.1) is 16.0 Å². The number of nitrogens with zero attached hydrogens (tertiary/aromatic N) is 2. The van der Waals surface area contributed by atoms with Crippen LogP contribution in [0.1, 0.15) is 10.4 Å².